The smallest absolute Gasteiger partial charge is 0.223 e. The first-order valence-corrected chi connectivity index (χ1v) is 14.0. The van der Waals surface area contributed by atoms with E-state index in [1.54, 1.807) is 0 Å². The first-order valence-electron chi connectivity index (χ1n) is 13.5. The van der Waals surface area contributed by atoms with Gasteiger partial charge in [0.2, 0.25) is 5.91 Å². The average molecular weight is 437 g/mol. The lowest BCUT2D eigenvalue weighted by atomic mass is 9.71. The third-order valence-corrected chi connectivity index (χ3v) is 9.00. The normalized spacial score (nSPS) is 33.9. The molecule has 2 aliphatic carbocycles. The van der Waals surface area contributed by atoms with Crippen LogP contribution < -0.4 is 5.32 Å². The first kappa shape index (κ1) is 24.5. The molecule has 4 heteroatoms. The highest BCUT2D eigenvalue weighted by Gasteiger charge is 2.38. The molecule has 0 aromatic rings. The molecule has 0 spiro atoms. The number of carbonyl (C=O) groups is 1. The number of nitrogens with zero attached hydrogens (tertiary/aromatic N) is 1. The highest BCUT2D eigenvalue weighted by atomic mass is 31.0. The molecule has 1 saturated heterocycles. The summed E-state index contributed by atoms with van der Waals surface area (Å²) in [4.78, 5) is 13.4. The lowest BCUT2D eigenvalue weighted by molar-refractivity contribution is -0.127. The van der Waals surface area contributed by atoms with Crippen molar-refractivity contribution >= 4 is 15.3 Å². The van der Waals surface area contributed by atoms with Crippen LogP contribution in [0.25, 0.3) is 0 Å². The molecule has 1 heterocycles. The van der Waals surface area contributed by atoms with Crippen LogP contribution in [-0.2, 0) is 4.79 Å². The first-order chi connectivity index (χ1) is 14.7. The van der Waals surface area contributed by atoms with Crippen LogP contribution in [0.5, 0.6) is 0 Å². The van der Waals surface area contributed by atoms with E-state index in [0.29, 0.717) is 17.9 Å². The summed E-state index contributed by atoms with van der Waals surface area (Å²) >= 11 is 0. The molecular weight excluding hydrogens is 387 g/mol. The molecule has 0 aromatic carbocycles. The molecule has 1 amide bonds. The second kappa shape index (κ2) is 13.4. The van der Waals surface area contributed by atoms with Gasteiger partial charge >= 0.3 is 0 Å². The van der Waals surface area contributed by atoms with Crippen molar-refractivity contribution < 1.29 is 4.79 Å². The summed E-state index contributed by atoms with van der Waals surface area (Å²) in [6.07, 6.45) is 22.3. The quantitative estimate of drug-likeness (QED) is 0.496. The van der Waals surface area contributed by atoms with Crippen LogP contribution >= 0.6 is 9.39 Å². The number of amides is 1. The molecule has 5 atom stereocenters. The predicted molar refractivity (Wildman–Crippen MR) is 131 cm³/mol. The van der Waals surface area contributed by atoms with E-state index in [2.05, 4.69) is 26.3 Å². The molecule has 0 radical (unpaired) electrons. The second-order valence-electron chi connectivity index (χ2n) is 10.6. The van der Waals surface area contributed by atoms with Crippen LogP contribution in [0.15, 0.2) is 0 Å². The van der Waals surface area contributed by atoms with Gasteiger partial charge < -0.3 is 5.32 Å². The fourth-order valence-corrected chi connectivity index (χ4v) is 7.05. The number of hydrogen-bond donors (Lipinski definition) is 1. The van der Waals surface area contributed by atoms with Crippen LogP contribution in [0, 0.1) is 23.7 Å². The van der Waals surface area contributed by atoms with Gasteiger partial charge in [-0.2, -0.15) is 0 Å². The molecule has 0 aromatic heterocycles. The van der Waals surface area contributed by atoms with Gasteiger partial charge in [0, 0.05) is 25.0 Å². The van der Waals surface area contributed by atoms with Crippen molar-refractivity contribution in [2.75, 3.05) is 13.1 Å². The van der Waals surface area contributed by atoms with Crippen LogP contribution in [0.2, 0.25) is 0 Å². The maximum Gasteiger partial charge on any atom is 0.223 e. The SMILES string of the molecule is CCC1CCCCCCCC1C1CN(P)CCC1NC(=O)C1CCCCCCCC1. The van der Waals surface area contributed by atoms with E-state index in [-0.39, 0.29) is 5.92 Å². The zero-order valence-electron chi connectivity index (χ0n) is 19.8. The van der Waals surface area contributed by atoms with Gasteiger partial charge in [-0.3, -0.25) is 9.46 Å². The van der Waals surface area contributed by atoms with Crippen molar-refractivity contribution in [3.63, 3.8) is 0 Å². The van der Waals surface area contributed by atoms with E-state index >= 15 is 0 Å². The zero-order chi connectivity index (χ0) is 21.2. The van der Waals surface area contributed by atoms with Gasteiger partial charge in [0.1, 0.15) is 0 Å². The summed E-state index contributed by atoms with van der Waals surface area (Å²) in [5.41, 5.74) is 0. The van der Waals surface area contributed by atoms with E-state index in [1.165, 1.54) is 89.9 Å². The monoisotopic (exact) mass is 436 g/mol. The molecule has 3 nitrogen and oxygen atoms in total. The third-order valence-electron chi connectivity index (χ3n) is 8.54. The van der Waals surface area contributed by atoms with Crippen LogP contribution in [0.3, 0.4) is 0 Å². The molecule has 1 N–H and O–H groups in total. The lowest BCUT2D eigenvalue weighted by Gasteiger charge is -2.44. The lowest BCUT2D eigenvalue weighted by Crippen LogP contribution is -2.53. The van der Waals surface area contributed by atoms with Crippen LogP contribution in [0.1, 0.15) is 116 Å². The molecule has 3 fully saturated rings. The molecule has 3 rings (SSSR count). The Morgan fingerprint density at radius 3 is 2.00 bits per heavy atom. The summed E-state index contributed by atoms with van der Waals surface area (Å²) < 4.78 is 2.45. The Morgan fingerprint density at radius 1 is 0.800 bits per heavy atom. The minimum Gasteiger partial charge on any atom is -0.353 e. The Hall–Kier alpha value is -0.140. The topological polar surface area (TPSA) is 32.3 Å². The van der Waals surface area contributed by atoms with Crippen molar-refractivity contribution in [3.8, 4) is 0 Å². The fourth-order valence-electron chi connectivity index (χ4n) is 6.65. The maximum atomic E-state index is 13.4. The van der Waals surface area contributed by atoms with E-state index in [4.69, 9.17) is 0 Å². The van der Waals surface area contributed by atoms with Crippen LogP contribution in [-0.4, -0.2) is 29.7 Å². The number of piperidine rings is 1. The largest absolute Gasteiger partial charge is 0.353 e. The summed E-state index contributed by atoms with van der Waals surface area (Å²) in [6, 6.07) is 0.390. The van der Waals surface area contributed by atoms with Crippen LogP contribution in [0.4, 0.5) is 0 Å². The third kappa shape index (κ3) is 7.47. The van der Waals surface area contributed by atoms with Gasteiger partial charge in [-0.25, -0.2) is 0 Å². The fraction of sp³-hybridized carbons (Fsp3) is 0.962. The van der Waals surface area contributed by atoms with Crippen molar-refractivity contribution in [1.29, 1.82) is 0 Å². The molecular formula is C26H49N2OP. The zero-order valence-corrected chi connectivity index (χ0v) is 20.9. The summed E-state index contributed by atoms with van der Waals surface area (Å²) in [7, 11) is 2.96. The summed E-state index contributed by atoms with van der Waals surface area (Å²) in [6.45, 7) is 4.64. The Bertz CT molecular complexity index is 489. The number of carbonyl (C=O) groups excluding carboxylic acids is 1. The highest BCUT2D eigenvalue weighted by molar-refractivity contribution is 7.13. The highest BCUT2D eigenvalue weighted by Crippen LogP contribution is 2.39. The van der Waals surface area contributed by atoms with Gasteiger partial charge in [-0.1, -0.05) is 99.8 Å². The average Bonchev–Trinajstić information content (AvgIpc) is 2.96. The summed E-state index contributed by atoms with van der Waals surface area (Å²) in [5, 5.41) is 3.65. The Balaban J connectivity index is 1.68. The molecule has 174 valence electrons. The van der Waals surface area contributed by atoms with Gasteiger partial charge in [0.25, 0.3) is 0 Å². The molecule has 2 saturated carbocycles. The van der Waals surface area contributed by atoms with Gasteiger partial charge in [0.15, 0.2) is 0 Å². The minimum atomic E-state index is 0.264. The molecule has 3 aliphatic rings. The van der Waals surface area contributed by atoms with E-state index in [9.17, 15) is 4.79 Å². The van der Waals surface area contributed by atoms with Gasteiger partial charge in [-0.05, 0) is 43.4 Å². The Labute approximate surface area is 189 Å². The minimum absolute atomic E-state index is 0.264. The van der Waals surface area contributed by atoms with Crippen molar-refractivity contribution in [2.45, 2.75) is 122 Å². The van der Waals surface area contributed by atoms with E-state index in [1.807, 2.05) is 0 Å². The molecule has 1 aliphatic heterocycles. The van der Waals surface area contributed by atoms with Gasteiger partial charge in [-0.15, -0.1) is 0 Å². The second-order valence-corrected chi connectivity index (χ2v) is 11.4. The molecule has 30 heavy (non-hydrogen) atoms. The predicted octanol–water partition coefficient (Wildman–Crippen LogP) is 6.72. The summed E-state index contributed by atoms with van der Waals surface area (Å²) in [5.74, 6) is 2.90. The van der Waals surface area contributed by atoms with E-state index in [0.717, 1.165) is 44.2 Å². The Kier molecular flexibility index (Phi) is 11.0. The van der Waals surface area contributed by atoms with Crippen molar-refractivity contribution in [2.24, 2.45) is 23.7 Å². The number of rotatable bonds is 4. The van der Waals surface area contributed by atoms with E-state index < -0.39 is 0 Å². The van der Waals surface area contributed by atoms with Gasteiger partial charge in [0.05, 0.1) is 0 Å². The standard InChI is InChI=1S/C26H49N2OP/c1-2-21-14-10-8-5-9-13-17-23(21)24-20-28(30)19-18-25(24)27-26(29)22-15-11-6-3-4-7-12-16-22/h21-25H,2-20,30H2,1H3,(H,27,29). The molecule has 5 unspecified atom stereocenters. The number of hydrogen-bond acceptors (Lipinski definition) is 2. The number of nitrogens with one attached hydrogen (secondary N) is 1. The van der Waals surface area contributed by atoms with Crippen molar-refractivity contribution in [1.82, 2.24) is 9.99 Å². The Morgan fingerprint density at radius 2 is 1.37 bits per heavy atom. The molecule has 0 bridgehead atoms. The van der Waals surface area contributed by atoms with Crippen molar-refractivity contribution in [3.05, 3.63) is 0 Å². The maximum absolute atomic E-state index is 13.4.